The van der Waals surface area contributed by atoms with E-state index in [1.54, 1.807) is 48.5 Å². The lowest BCUT2D eigenvalue weighted by atomic mass is 10.1. The van der Waals surface area contributed by atoms with Crippen molar-refractivity contribution < 1.29 is 42.9 Å². The SMILES string of the molecule is COC(=O)Cc1ccc(Oc2cc3c(cc2N)nc(C)n3COCC[Si](C)(C)C)c(Cl)c1.COC(=O)Cc1ccc(Oc2cc3c(cc2[N+](=O)[O-])nc(C)n3COCC[Si](C)(C)C)c(Cl)c1. The molecular formula is C46H58Cl2N6O10Si2. The van der Waals surface area contributed by atoms with Crippen LogP contribution in [0.1, 0.15) is 22.8 Å². The third-order valence-electron chi connectivity index (χ3n) is 10.3. The Labute approximate surface area is 396 Å². The number of nitrogen functional groups attached to an aromatic ring is 1. The summed E-state index contributed by atoms with van der Waals surface area (Å²) in [7, 11) is 0.283. The highest BCUT2D eigenvalue weighted by Crippen LogP contribution is 2.39. The fourth-order valence-corrected chi connectivity index (χ4v) is 8.44. The second-order valence-corrected chi connectivity index (χ2v) is 30.1. The predicted molar refractivity (Wildman–Crippen MR) is 263 cm³/mol. The van der Waals surface area contributed by atoms with Gasteiger partial charge in [0.15, 0.2) is 5.75 Å². The fraction of sp³-hybridized carbons (Fsp3) is 0.391. The van der Waals surface area contributed by atoms with Gasteiger partial charge in [-0.1, -0.05) is 74.6 Å². The number of hydrogen-bond acceptors (Lipinski definition) is 13. The highest BCUT2D eigenvalue weighted by Gasteiger charge is 2.23. The smallest absolute Gasteiger partial charge is 0.313 e. The first-order chi connectivity index (χ1) is 31.0. The molecule has 16 nitrogen and oxygen atoms in total. The lowest BCUT2D eigenvalue weighted by molar-refractivity contribution is -0.385. The Bertz CT molecular complexity index is 2710. The average Bonchev–Trinajstić information content (AvgIpc) is 3.71. The quantitative estimate of drug-likeness (QED) is 0.0201. The molecule has 6 rings (SSSR count). The van der Waals surface area contributed by atoms with E-state index in [1.807, 2.05) is 29.0 Å². The minimum atomic E-state index is -1.22. The van der Waals surface area contributed by atoms with Crippen LogP contribution in [-0.4, -0.2) is 79.5 Å². The van der Waals surface area contributed by atoms with Crippen molar-refractivity contribution in [3.8, 4) is 23.0 Å². The molecule has 0 atom stereocenters. The van der Waals surface area contributed by atoms with Gasteiger partial charge in [-0.25, -0.2) is 9.97 Å². The number of hydrogen-bond donors (Lipinski definition) is 1. The number of carbonyl (C=O) groups excluding carboxylic acids is 2. The van der Waals surface area contributed by atoms with Crippen LogP contribution in [-0.2, 0) is 54.8 Å². The summed E-state index contributed by atoms with van der Waals surface area (Å²) in [6, 6.07) is 18.7. The molecule has 0 aliphatic heterocycles. The second-order valence-electron chi connectivity index (χ2n) is 18.1. The standard InChI is InChI=1S/C23H28ClN3O6Si.C23H30ClN3O4Si/c1-15-25-18-12-20(27(29)30)22(13-19(18)26(15)14-32-8-9-34(3,4)5)33-21-7-6-16(10-17(21)24)11-23(28)31-2;1-15-26-19-12-18(25)22(13-20(19)27(15)14-30-8-9-32(3,4)5)31-21-7-6-16(10-17(21)24)11-23(28)29-2/h6-7,10,12-13H,8-9,11,14H2,1-5H3;6-7,10,12-13H,8-9,11,14,25H2,1-5H3. The largest absolute Gasteiger partial charge is 0.469 e. The number of benzene rings is 4. The van der Waals surface area contributed by atoms with Gasteiger partial charge in [0.05, 0.1) is 69.8 Å². The number of nitrogens with two attached hydrogens (primary N) is 1. The van der Waals surface area contributed by atoms with Gasteiger partial charge >= 0.3 is 17.6 Å². The normalized spacial score (nSPS) is 11.6. The van der Waals surface area contributed by atoms with Crippen LogP contribution in [0.2, 0.25) is 61.4 Å². The molecule has 354 valence electrons. The van der Waals surface area contributed by atoms with Gasteiger partial charge in [0.1, 0.15) is 36.6 Å². The molecule has 0 saturated carbocycles. The van der Waals surface area contributed by atoms with E-state index in [0.717, 1.165) is 41.1 Å². The van der Waals surface area contributed by atoms with Gasteiger partial charge in [0, 0.05) is 47.6 Å². The Kier molecular flexibility index (Phi) is 17.4. The monoisotopic (exact) mass is 980 g/mol. The molecule has 66 heavy (non-hydrogen) atoms. The summed E-state index contributed by atoms with van der Waals surface area (Å²) in [5, 5.41) is 12.3. The highest BCUT2D eigenvalue weighted by molar-refractivity contribution is 6.76. The number of carbonyl (C=O) groups is 2. The van der Waals surface area contributed by atoms with Crippen molar-refractivity contribution in [2.75, 3.05) is 33.2 Å². The number of anilines is 1. The lowest BCUT2D eigenvalue weighted by Gasteiger charge is -2.16. The van der Waals surface area contributed by atoms with Crippen LogP contribution in [0.5, 0.6) is 23.0 Å². The van der Waals surface area contributed by atoms with Crippen molar-refractivity contribution in [3.05, 3.63) is 104 Å². The Morgan fingerprint density at radius 2 is 1.09 bits per heavy atom. The molecule has 0 amide bonds. The number of methoxy groups -OCH3 is 2. The number of halogens is 2. The van der Waals surface area contributed by atoms with Gasteiger partial charge in [0.2, 0.25) is 5.75 Å². The van der Waals surface area contributed by atoms with Crippen molar-refractivity contribution in [2.45, 2.75) is 91.5 Å². The topological polar surface area (TPSA) is 194 Å². The Balaban J connectivity index is 0.000000248. The van der Waals surface area contributed by atoms with E-state index < -0.39 is 27.0 Å². The van der Waals surface area contributed by atoms with E-state index >= 15 is 0 Å². The zero-order valence-corrected chi connectivity index (χ0v) is 42.6. The first-order valence-electron chi connectivity index (χ1n) is 21.2. The van der Waals surface area contributed by atoms with Gasteiger partial charge in [0.25, 0.3) is 0 Å². The average molecular weight is 982 g/mol. The van der Waals surface area contributed by atoms with E-state index in [0.29, 0.717) is 58.0 Å². The second kappa shape index (κ2) is 22.3. The number of nitro benzene ring substituents is 1. The Morgan fingerprint density at radius 3 is 1.50 bits per heavy atom. The van der Waals surface area contributed by atoms with Crippen LogP contribution in [0.4, 0.5) is 11.4 Å². The van der Waals surface area contributed by atoms with Crippen LogP contribution in [0.25, 0.3) is 22.1 Å². The number of aryl methyl sites for hydroxylation is 2. The van der Waals surface area contributed by atoms with Crippen molar-refractivity contribution in [1.82, 2.24) is 19.1 Å². The van der Waals surface area contributed by atoms with Gasteiger partial charge in [-0.15, -0.1) is 0 Å². The first-order valence-corrected chi connectivity index (χ1v) is 29.4. The Morgan fingerprint density at radius 1 is 0.667 bits per heavy atom. The maximum absolute atomic E-state index is 11.7. The van der Waals surface area contributed by atoms with Crippen molar-refractivity contribution in [3.63, 3.8) is 0 Å². The molecule has 2 aromatic heterocycles. The predicted octanol–water partition coefficient (Wildman–Crippen LogP) is 11.1. The maximum Gasteiger partial charge on any atom is 0.313 e. The number of esters is 2. The van der Waals surface area contributed by atoms with Crippen LogP contribution in [0, 0.1) is 24.0 Å². The van der Waals surface area contributed by atoms with Crippen LogP contribution in [0.3, 0.4) is 0 Å². The number of imidazole rings is 2. The summed E-state index contributed by atoms with van der Waals surface area (Å²) in [5.41, 5.74) is 10.6. The minimum Gasteiger partial charge on any atom is -0.469 e. The fourth-order valence-electron chi connectivity index (χ4n) is 6.45. The number of ether oxygens (including phenoxy) is 6. The molecule has 6 aromatic rings. The van der Waals surface area contributed by atoms with Gasteiger partial charge in [-0.2, -0.15) is 0 Å². The summed E-state index contributed by atoms with van der Waals surface area (Å²) < 4.78 is 36.9. The summed E-state index contributed by atoms with van der Waals surface area (Å²) in [4.78, 5) is 43.3. The third-order valence-corrected chi connectivity index (χ3v) is 14.3. The van der Waals surface area contributed by atoms with E-state index in [-0.39, 0.29) is 47.8 Å². The maximum atomic E-state index is 11.7. The number of nitrogens with zero attached hydrogens (tertiary/aromatic N) is 5. The third kappa shape index (κ3) is 14.2. The number of aromatic nitrogens is 4. The number of fused-ring (bicyclic) bond motifs is 2. The number of nitro groups is 1. The van der Waals surface area contributed by atoms with Gasteiger partial charge < -0.3 is 43.3 Å². The van der Waals surface area contributed by atoms with Crippen molar-refractivity contribution >= 4 is 84.7 Å². The lowest BCUT2D eigenvalue weighted by Crippen LogP contribution is -2.22. The van der Waals surface area contributed by atoms with Gasteiger partial charge in [-0.3, -0.25) is 19.7 Å². The van der Waals surface area contributed by atoms with E-state index in [9.17, 15) is 19.7 Å². The summed E-state index contributed by atoms with van der Waals surface area (Å²) in [6.07, 6.45) is 0.194. The molecule has 0 aliphatic carbocycles. The summed E-state index contributed by atoms with van der Waals surface area (Å²) >= 11 is 12.7. The van der Waals surface area contributed by atoms with Crippen LogP contribution < -0.4 is 15.2 Å². The molecule has 0 radical (unpaired) electrons. The van der Waals surface area contributed by atoms with Crippen LogP contribution >= 0.6 is 23.2 Å². The molecular weight excluding hydrogens is 924 g/mol. The molecule has 0 fully saturated rings. The zero-order chi connectivity index (χ0) is 48.5. The minimum absolute atomic E-state index is 0.0309. The Hall–Kier alpha value is -5.51. The molecule has 0 aliphatic rings. The molecule has 4 aromatic carbocycles. The van der Waals surface area contributed by atoms with E-state index in [1.165, 1.54) is 20.3 Å². The molecule has 0 spiro atoms. The van der Waals surface area contributed by atoms with E-state index in [2.05, 4.69) is 54.0 Å². The highest BCUT2D eigenvalue weighted by atomic mass is 35.5. The molecule has 0 unspecified atom stereocenters. The molecule has 20 heteroatoms. The zero-order valence-electron chi connectivity index (χ0n) is 39.1. The molecule has 0 bridgehead atoms. The van der Waals surface area contributed by atoms with Crippen molar-refractivity contribution in [2.24, 2.45) is 0 Å². The van der Waals surface area contributed by atoms with E-state index in [4.69, 9.17) is 52.6 Å². The molecule has 0 saturated heterocycles. The summed E-state index contributed by atoms with van der Waals surface area (Å²) in [5.74, 6) is 1.97. The molecule has 2 heterocycles. The van der Waals surface area contributed by atoms with Crippen molar-refractivity contribution in [1.29, 1.82) is 0 Å². The first kappa shape index (κ1) is 51.5. The van der Waals surface area contributed by atoms with Gasteiger partial charge in [-0.05, 0) is 67.4 Å². The number of rotatable bonds is 19. The van der Waals surface area contributed by atoms with Crippen LogP contribution in [0.15, 0.2) is 60.7 Å². The molecule has 2 N–H and O–H groups in total. The summed E-state index contributed by atoms with van der Waals surface area (Å²) in [6.45, 7) is 19.7.